The van der Waals surface area contributed by atoms with Crippen LogP contribution < -0.4 is 15.9 Å². The number of ether oxygens (including phenoxy) is 1. The van der Waals surface area contributed by atoms with Crippen LogP contribution >= 0.6 is 0 Å². The molecule has 0 amide bonds. The Morgan fingerprint density at radius 3 is 2.28 bits per heavy atom. The highest BCUT2D eigenvalue weighted by Gasteiger charge is 2.09. The second-order valence-electron chi connectivity index (χ2n) is 5.61. The Morgan fingerprint density at radius 2 is 1.60 bits per heavy atom. The van der Waals surface area contributed by atoms with Crippen molar-refractivity contribution in [3.63, 3.8) is 0 Å². The second-order valence-corrected chi connectivity index (χ2v) is 5.61. The van der Waals surface area contributed by atoms with Crippen LogP contribution in [0.4, 0.5) is 4.39 Å². The van der Waals surface area contributed by atoms with Crippen LogP contribution in [0.15, 0.2) is 70.5 Å². The summed E-state index contributed by atoms with van der Waals surface area (Å²) in [4.78, 5) is 24.7. The van der Waals surface area contributed by atoms with Gasteiger partial charge in [0.2, 0.25) is 0 Å². The van der Waals surface area contributed by atoms with E-state index >= 15 is 0 Å². The number of rotatable bonds is 5. The molecule has 0 aliphatic carbocycles. The summed E-state index contributed by atoms with van der Waals surface area (Å²) in [6, 6.07) is 13.3. The lowest BCUT2D eigenvalue weighted by Crippen LogP contribution is -2.40. The van der Waals surface area contributed by atoms with Crippen molar-refractivity contribution in [3.05, 3.63) is 98.6 Å². The predicted molar refractivity (Wildman–Crippen MR) is 92.6 cm³/mol. The Bertz CT molecular complexity index is 1010. The molecule has 2 aromatic carbocycles. The highest BCUT2D eigenvalue weighted by molar-refractivity contribution is 5.33. The molecule has 1 aromatic heterocycles. The quantitative estimate of drug-likeness (QED) is 0.670. The van der Waals surface area contributed by atoms with Crippen molar-refractivity contribution in [2.45, 2.75) is 13.1 Å². The fourth-order valence-corrected chi connectivity index (χ4v) is 2.64. The van der Waals surface area contributed by atoms with Gasteiger partial charge in [0.1, 0.15) is 11.6 Å². The van der Waals surface area contributed by atoms with Gasteiger partial charge >= 0.3 is 11.1 Å². The maximum Gasteiger partial charge on any atom is 0.316 e. The van der Waals surface area contributed by atoms with Crippen LogP contribution in [-0.2, 0) is 13.1 Å². The number of benzene rings is 2. The molecule has 0 saturated carbocycles. The smallest absolute Gasteiger partial charge is 0.316 e. The Labute approximate surface area is 143 Å². The van der Waals surface area contributed by atoms with Crippen LogP contribution in [-0.4, -0.2) is 16.2 Å². The summed E-state index contributed by atoms with van der Waals surface area (Å²) in [6.45, 7) is 0.375. The monoisotopic (exact) mass is 340 g/mol. The lowest BCUT2D eigenvalue weighted by atomic mass is 10.2. The van der Waals surface area contributed by atoms with Crippen molar-refractivity contribution < 1.29 is 9.13 Å². The van der Waals surface area contributed by atoms with Crippen LogP contribution in [0.1, 0.15) is 11.1 Å². The van der Waals surface area contributed by atoms with Crippen LogP contribution in [0, 0.1) is 5.82 Å². The first-order chi connectivity index (χ1) is 12.1. The van der Waals surface area contributed by atoms with E-state index in [1.165, 1.54) is 27.5 Å². The first kappa shape index (κ1) is 16.7. The summed E-state index contributed by atoms with van der Waals surface area (Å²) >= 11 is 0. The van der Waals surface area contributed by atoms with Crippen molar-refractivity contribution in [2.75, 3.05) is 7.11 Å². The van der Waals surface area contributed by atoms with Gasteiger partial charge in [0.25, 0.3) is 0 Å². The third-order valence-corrected chi connectivity index (χ3v) is 3.91. The Kier molecular flexibility index (Phi) is 4.79. The molecule has 6 heteroatoms. The van der Waals surface area contributed by atoms with Gasteiger partial charge in [0.05, 0.1) is 20.2 Å². The van der Waals surface area contributed by atoms with E-state index in [0.717, 1.165) is 5.56 Å². The molecule has 25 heavy (non-hydrogen) atoms. The molecule has 3 aromatic rings. The number of halogens is 1. The zero-order valence-corrected chi connectivity index (χ0v) is 13.7. The Hall–Kier alpha value is -3.15. The van der Waals surface area contributed by atoms with Gasteiger partial charge in [-0.3, -0.25) is 9.59 Å². The fourth-order valence-electron chi connectivity index (χ4n) is 2.64. The minimum absolute atomic E-state index is 0.140. The number of aromatic nitrogens is 2. The van der Waals surface area contributed by atoms with Crippen molar-refractivity contribution in [1.29, 1.82) is 0 Å². The van der Waals surface area contributed by atoms with E-state index in [1.807, 2.05) is 18.2 Å². The SMILES string of the molecule is COc1ccccc1Cn1ccn(Cc2cccc(F)c2)c(=O)c1=O. The number of nitrogens with zero attached hydrogens (tertiary/aromatic N) is 2. The average molecular weight is 340 g/mol. The molecule has 0 bridgehead atoms. The van der Waals surface area contributed by atoms with Crippen molar-refractivity contribution in [2.24, 2.45) is 0 Å². The van der Waals surface area contributed by atoms with Crippen LogP contribution in [0.25, 0.3) is 0 Å². The third kappa shape index (κ3) is 3.68. The van der Waals surface area contributed by atoms with Gasteiger partial charge in [0.15, 0.2) is 0 Å². The zero-order valence-electron chi connectivity index (χ0n) is 13.7. The number of methoxy groups -OCH3 is 1. The van der Waals surface area contributed by atoms with Gasteiger partial charge in [-0.1, -0.05) is 30.3 Å². The van der Waals surface area contributed by atoms with Crippen molar-refractivity contribution >= 4 is 0 Å². The summed E-state index contributed by atoms with van der Waals surface area (Å²) in [5.74, 6) is 0.272. The van der Waals surface area contributed by atoms with Crippen LogP contribution in [0.5, 0.6) is 5.75 Å². The molecule has 0 spiro atoms. The lowest BCUT2D eigenvalue weighted by molar-refractivity contribution is 0.408. The first-order valence-corrected chi connectivity index (χ1v) is 7.74. The zero-order chi connectivity index (χ0) is 17.8. The summed E-state index contributed by atoms with van der Waals surface area (Å²) in [5, 5.41) is 0. The van der Waals surface area contributed by atoms with Crippen molar-refractivity contribution in [3.8, 4) is 5.75 Å². The molecule has 0 saturated heterocycles. The molecule has 0 radical (unpaired) electrons. The molecule has 1 heterocycles. The predicted octanol–water partition coefficient (Wildman–Crippen LogP) is 2.25. The van der Waals surface area contributed by atoms with E-state index < -0.39 is 11.1 Å². The minimum Gasteiger partial charge on any atom is -0.496 e. The molecular formula is C19H17FN2O3. The van der Waals surface area contributed by atoms with Gasteiger partial charge in [-0.05, 0) is 23.8 Å². The Morgan fingerprint density at radius 1 is 0.920 bits per heavy atom. The maximum atomic E-state index is 13.3. The maximum absolute atomic E-state index is 13.3. The number of hydrogen-bond donors (Lipinski definition) is 0. The standard InChI is InChI=1S/C19H17FN2O3/c1-25-17-8-3-2-6-15(17)13-22-10-9-21(18(23)19(22)24)12-14-5-4-7-16(20)11-14/h2-11H,12-13H2,1H3. The summed E-state index contributed by atoms with van der Waals surface area (Å²) in [5.41, 5.74) is 0.129. The van der Waals surface area contributed by atoms with E-state index in [2.05, 4.69) is 0 Å². The lowest BCUT2D eigenvalue weighted by Gasteiger charge is -2.11. The summed E-state index contributed by atoms with van der Waals surface area (Å²) in [6.07, 6.45) is 3.08. The van der Waals surface area contributed by atoms with Crippen molar-refractivity contribution in [1.82, 2.24) is 9.13 Å². The van der Waals surface area contributed by atoms with Gasteiger partial charge in [-0.25, -0.2) is 4.39 Å². The minimum atomic E-state index is -0.651. The molecule has 3 rings (SSSR count). The largest absolute Gasteiger partial charge is 0.496 e. The van der Waals surface area contributed by atoms with E-state index in [0.29, 0.717) is 11.3 Å². The molecule has 0 N–H and O–H groups in total. The molecule has 0 aliphatic rings. The summed E-state index contributed by atoms with van der Waals surface area (Å²) in [7, 11) is 1.55. The van der Waals surface area contributed by atoms with E-state index in [4.69, 9.17) is 4.74 Å². The average Bonchev–Trinajstić information content (AvgIpc) is 2.62. The first-order valence-electron chi connectivity index (χ1n) is 7.74. The summed E-state index contributed by atoms with van der Waals surface area (Å²) < 4.78 is 21.1. The molecule has 0 fully saturated rings. The van der Waals surface area contributed by atoms with Crippen LogP contribution in [0.3, 0.4) is 0 Å². The molecule has 128 valence electrons. The molecule has 0 aliphatic heterocycles. The third-order valence-electron chi connectivity index (χ3n) is 3.91. The number of hydrogen-bond acceptors (Lipinski definition) is 3. The Balaban J connectivity index is 1.90. The highest BCUT2D eigenvalue weighted by atomic mass is 19.1. The topological polar surface area (TPSA) is 53.2 Å². The van der Waals surface area contributed by atoms with Gasteiger partial charge in [-0.2, -0.15) is 0 Å². The van der Waals surface area contributed by atoms with E-state index in [9.17, 15) is 14.0 Å². The second kappa shape index (κ2) is 7.17. The molecule has 5 nitrogen and oxygen atoms in total. The van der Waals surface area contributed by atoms with Gasteiger partial charge < -0.3 is 13.9 Å². The highest BCUT2D eigenvalue weighted by Crippen LogP contribution is 2.17. The molecule has 0 unspecified atom stereocenters. The van der Waals surface area contributed by atoms with E-state index in [-0.39, 0.29) is 18.9 Å². The van der Waals surface area contributed by atoms with Gasteiger partial charge in [-0.15, -0.1) is 0 Å². The fraction of sp³-hybridized carbons (Fsp3) is 0.158. The normalized spacial score (nSPS) is 10.6. The number of para-hydroxylation sites is 1. The van der Waals surface area contributed by atoms with E-state index in [1.54, 1.807) is 31.5 Å². The van der Waals surface area contributed by atoms with Gasteiger partial charge in [0, 0.05) is 18.0 Å². The van der Waals surface area contributed by atoms with Crippen LogP contribution in [0.2, 0.25) is 0 Å². The molecule has 0 atom stereocenters. The molecular weight excluding hydrogens is 323 g/mol.